The third-order valence-corrected chi connectivity index (χ3v) is 8.26. The van der Waals surface area contributed by atoms with Gasteiger partial charge in [0.25, 0.3) is 5.91 Å². The molecule has 2 heterocycles. The number of hydrogen-bond donors (Lipinski definition) is 3. The van der Waals surface area contributed by atoms with E-state index in [4.69, 9.17) is 0 Å². The van der Waals surface area contributed by atoms with Gasteiger partial charge in [-0.15, -0.1) is 0 Å². The lowest BCUT2D eigenvalue weighted by molar-refractivity contribution is -0.138. The molecule has 3 N–H and O–H groups in total. The number of nitriles is 1. The van der Waals surface area contributed by atoms with Crippen molar-refractivity contribution in [3.63, 3.8) is 0 Å². The number of anilines is 1. The van der Waals surface area contributed by atoms with Crippen molar-refractivity contribution in [1.82, 2.24) is 15.5 Å². The van der Waals surface area contributed by atoms with Crippen LogP contribution in [0.2, 0.25) is 0 Å². The standard InChI is InChI=1S/C34H42FN5O4/c1-32(2,3)16-15-26(37-28(41)21-11-13-22(35)14-12-21)29(42)38-27(18-33(4,5)6)30(43)40-20-34(17-23(40)19-36)24-9-7-8-10-25(24)39-31(34)44/h7-14,23,26-27H,15-18,20H2,1-6H3,(H,37,41)(H,38,42)(H,39,44)/t23-,26-,27-,34-/m0/s1. The number of likely N-dealkylation sites (tertiary alicyclic amines) is 1. The minimum absolute atomic E-state index is 0.0121. The van der Waals surface area contributed by atoms with E-state index in [1.807, 2.05) is 59.7 Å². The van der Waals surface area contributed by atoms with Crippen molar-refractivity contribution >= 4 is 29.3 Å². The average molecular weight is 604 g/mol. The summed E-state index contributed by atoms with van der Waals surface area (Å²) in [6.45, 7) is 11.9. The smallest absolute Gasteiger partial charge is 0.251 e. The van der Waals surface area contributed by atoms with Crippen LogP contribution in [0.3, 0.4) is 0 Å². The highest BCUT2D eigenvalue weighted by Crippen LogP contribution is 2.46. The van der Waals surface area contributed by atoms with E-state index < -0.39 is 47.1 Å². The van der Waals surface area contributed by atoms with Crippen molar-refractivity contribution in [3.05, 3.63) is 65.5 Å². The number of halogens is 1. The van der Waals surface area contributed by atoms with Crippen LogP contribution in [0, 0.1) is 28.0 Å². The maximum Gasteiger partial charge on any atom is 0.251 e. The van der Waals surface area contributed by atoms with Gasteiger partial charge in [-0.3, -0.25) is 19.2 Å². The number of rotatable bonds is 8. The van der Waals surface area contributed by atoms with Crippen LogP contribution >= 0.6 is 0 Å². The normalized spacial score (nSPS) is 20.8. The van der Waals surface area contributed by atoms with Crippen molar-refractivity contribution < 1.29 is 23.6 Å². The summed E-state index contributed by atoms with van der Waals surface area (Å²) in [5.74, 6) is -2.25. The SMILES string of the molecule is CC(C)(C)CC[C@H](NC(=O)c1ccc(F)cc1)C(=O)N[C@@H](CC(C)(C)C)C(=O)N1C[C@]2(C[C@H]1C#N)C(=O)Nc1ccccc12. The molecule has 1 spiro atoms. The molecule has 0 unspecified atom stereocenters. The lowest BCUT2D eigenvalue weighted by atomic mass is 9.80. The summed E-state index contributed by atoms with van der Waals surface area (Å²) in [5.41, 5.74) is 0.0484. The number of benzene rings is 2. The Balaban J connectivity index is 1.60. The number of carbonyl (C=O) groups is 4. The first kappa shape index (κ1) is 32.6. The van der Waals surface area contributed by atoms with Gasteiger partial charge in [0.1, 0.15) is 23.9 Å². The summed E-state index contributed by atoms with van der Waals surface area (Å²) in [6, 6.07) is 11.7. The molecule has 1 saturated heterocycles. The molecule has 0 radical (unpaired) electrons. The number of hydrogen-bond acceptors (Lipinski definition) is 5. The van der Waals surface area contributed by atoms with E-state index in [0.717, 1.165) is 5.56 Å². The molecule has 1 fully saturated rings. The molecular formula is C34H42FN5O4. The van der Waals surface area contributed by atoms with Crippen LogP contribution in [0.25, 0.3) is 0 Å². The Morgan fingerprint density at radius 2 is 1.68 bits per heavy atom. The molecule has 4 amide bonds. The summed E-state index contributed by atoms with van der Waals surface area (Å²) in [5, 5.41) is 18.6. The first-order valence-corrected chi connectivity index (χ1v) is 15.0. The van der Waals surface area contributed by atoms with Crippen LogP contribution in [0.1, 0.15) is 83.1 Å². The third kappa shape index (κ3) is 7.26. The van der Waals surface area contributed by atoms with E-state index in [0.29, 0.717) is 18.5 Å². The molecule has 4 atom stereocenters. The van der Waals surface area contributed by atoms with Crippen molar-refractivity contribution in [2.75, 3.05) is 11.9 Å². The van der Waals surface area contributed by atoms with Crippen LogP contribution in [0.15, 0.2) is 48.5 Å². The van der Waals surface area contributed by atoms with Gasteiger partial charge in [-0.1, -0.05) is 59.7 Å². The van der Waals surface area contributed by atoms with E-state index in [-0.39, 0.29) is 41.7 Å². The van der Waals surface area contributed by atoms with E-state index >= 15 is 0 Å². The van der Waals surface area contributed by atoms with Crippen LogP contribution in [-0.2, 0) is 19.8 Å². The van der Waals surface area contributed by atoms with Crippen molar-refractivity contribution in [2.45, 2.75) is 90.8 Å². The highest BCUT2D eigenvalue weighted by molar-refractivity contribution is 6.07. The lowest BCUT2D eigenvalue weighted by Gasteiger charge is -2.32. The number of carbonyl (C=O) groups excluding carboxylic acids is 4. The zero-order chi connectivity index (χ0) is 32.4. The molecule has 234 valence electrons. The topological polar surface area (TPSA) is 131 Å². The molecule has 4 rings (SSSR count). The zero-order valence-electron chi connectivity index (χ0n) is 26.3. The average Bonchev–Trinajstić information content (AvgIpc) is 3.47. The molecule has 0 saturated carbocycles. The van der Waals surface area contributed by atoms with Gasteiger partial charge in [0.15, 0.2) is 0 Å². The second-order valence-corrected chi connectivity index (χ2v) is 14.4. The maximum absolute atomic E-state index is 14.2. The molecule has 2 aromatic rings. The number of nitrogens with zero attached hydrogens (tertiary/aromatic N) is 2. The number of amides is 4. The summed E-state index contributed by atoms with van der Waals surface area (Å²) in [4.78, 5) is 55.8. The van der Waals surface area contributed by atoms with E-state index in [1.165, 1.54) is 29.2 Å². The highest BCUT2D eigenvalue weighted by atomic mass is 19.1. The molecule has 0 aromatic heterocycles. The number of fused-ring (bicyclic) bond motifs is 2. The maximum atomic E-state index is 14.2. The number of para-hydroxylation sites is 1. The second kappa shape index (κ2) is 12.4. The second-order valence-electron chi connectivity index (χ2n) is 14.4. The molecular weight excluding hydrogens is 561 g/mol. The predicted molar refractivity (Wildman–Crippen MR) is 165 cm³/mol. The van der Waals surface area contributed by atoms with Crippen molar-refractivity contribution in [1.29, 1.82) is 5.26 Å². The summed E-state index contributed by atoms with van der Waals surface area (Å²) in [6.07, 6.45) is 1.33. The van der Waals surface area contributed by atoms with Gasteiger partial charge in [0, 0.05) is 24.2 Å². The fourth-order valence-corrected chi connectivity index (χ4v) is 5.96. The molecule has 2 aromatic carbocycles. The largest absolute Gasteiger partial charge is 0.342 e. The summed E-state index contributed by atoms with van der Waals surface area (Å²) >= 11 is 0. The Kier molecular flexibility index (Phi) is 9.19. The molecule has 0 aliphatic carbocycles. The van der Waals surface area contributed by atoms with Crippen LogP contribution in [-0.4, -0.2) is 53.2 Å². The summed E-state index contributed by atoms with van der Waals surface area (Å²) < 4.78 is 13.4. The van der Waals surface area contributed by atoms with E-state index in [2.05, 4.69) is 22.0 Å². The molecule has 0 bridgehead atoms. The van der Waals surface area contributed by atoms with Gasteiger partial charge < -0.3 is 20.9 Å². The molecule has 44 heavy (non-hydrogen) atoms. The Labute approximate surface area is 258 Å². The van der Waals surface area contributed by atoms with Crippen LogP contribution in [0.5, 0.6) is 0 Å². The Morgan fingerprint density at radius 3 is 2.30 bits per heavy atom. The van der Waals surface area contributed by atoms with Gasteiger partial charge in [-0.2, -0.15) is 5.26 Å². The van der Waals surface area contributed by atoms with Crippen molar-refractivity contribution in [2.24, 2.45) is 10.8 Å². The van der Waals surface area contributed by atoms with Gasteiger partial charge in [-0.25, -0.2) is 4.39 Å². The minimum atomic E-state index is -1.05. The minimum Gasteiger partial charge on any atom is -0.342 e. The first-order chi connectivity index (χ1) is 20.5. The Hall–Kier alpha value is -4.26. The fourth-order valence-electron chi connectivity index (χ4n) is 5.96. The molecule has 2 aliphatic rings. The highest BCUT2D eigenvalue weighted by Gasteiger charge is 2.56. The third-order valence-electron chi connectivity index (χ3n) is 8.26. The zero-order valence-corrected chi connectivity index (χ0v) is 26.3. The summed E-state index contributed by atoms with van der Waals surface area (Å²) in [7, 11) is 0. The van der Waals surface area contributed by atoms with Crippen molar-refractivity contribution in [3.8, 4) is 6.07 Å². The van der Waals surface area contributed by atoms with Gasteiger partial charge in [-0.05, 0) is 66.0 Å². The predicted octanol–water partition coefficient (Wildman–Crippen LogP) is 4.69. The fraction of sp³-hybridized carbons (Fsp3) is 0.500. The molecule has 2 aliphatic heterocycles. The first-order valence-electron chi connectivity index (χ1n) is 15.0. The molecule has 10 heteroatoms. The van der Waals surface area contributed by atoms with Gasteiger partial charge in [0.05, 0.1) is 11.5 Å². The quantitative estimate of drug-likeness (QED) is 0.403. The van der Waals surface area contributed by atoms with Gasteiger partial charge >= 0.3 is 0 Å². The monoisotopic (exact) mass is 603 g/mol. The number of nitrogens with one attached hydrogen (secondary N) is 3. The van der Waals surface area contributed by atoms with Crippen LogP contribution < -0.4 is 16.0 Å². The Morgan fingerprint density at radius 1 is 1.02 bits per heavy atom. The van der Waals surface area contributed by atoms with E-state index in [1.54, 1.807) is 6.07 Å². The van der Waals surface area contributed by atoms with Gasteiger partial charge in [0.2, 0.25) is 17.7 Å². The van der Waals surface area contributed by atoms with E-state index in [9.17, 15) is 28.8 Å². The molecule has 9 nitrogen and oxygen atoms in total. The lowest BCUT2D eigenvalue weighted by Crippen LogP contribution is -2.56. The Bertz CT molecular complexity index is 1470. The van der Waals surface area contributed by atoms with Crippen LogP contribution in [0.4, 0.5) is 10.1 Å².